The number of phosphoric ester groups is 1. The van der Waals surface area contributed by atoms with Crippen molar-refractivity contribution in [1.29, 1.82) is 0 Å². The fraction of sp³-hybridized carbons (Fsp3) is 0.333. The zero-order valence-corrected chi connectivity index (χ0v) is 12.9. The summed E-state index contributed by atoms with van der Waals surface area (Å²) in [6.07, 6.45) is 0. The summed E-state index contributed by atoms with van der Waals surface area (Å²) < 4.78 is 25.5. The monoisotopic (exact) mass is 344 g/mol. The quantitative estimate of drug-likeness (QED) is 0.208. The molecule has 14 heteroatoms. The maximum Gasteiger partial charge on any atom is 0.662 e. The van der Waals surface area contributed by atoms with Gasteiger partial charge in [-0.3, -0.25) is 14.4 Å². The number of carbonyl (C=O) groups excluding carboxylic acids is 3. The van der Waals surface area contributed by atoms with Crippen molar-refractivity contribution in [2.45, 2.75) is 20.8 Å². The number of hydrogen-bond acceptors (Lipinski definition) is 7. The van der Waals surface area contributed by atoms with Crippen LogP contribution in [0.1, 0.15) is 20.8 Å². The summed E-state index contributed by atoms with van der Waals surface area (Å²) in [6.45, 7) is 2.53. The summed E-state index contributed by atoms with van der Waals surface area (Å²) in [5.74, 6) is -6.69. The molecule has 0 saturated carbocycles. The van der Waals surface area contributed by atoms with E-state index in [1.807, 2.05) is 0 Å². The van der Waals surface area contributed by atoms with Crippen LogP contribution >= 0.6 is 7.82 Å². The van der Waals surface area contributed by atoms with E-state index in [1.165, 1.54) is 0 Å². The average molecular weight is 344 g/mol. The van der Waals surface area contributed by atoms with Crippen LogP contribution in [-0.2, 0) is 32.5 Å². The van der Waals surface area contributed by atoms with Crippen LogP contribution in [0.15, 0.2) is 0 Å². The fourth-order valence-electron chi connectivity index (χ4n) is 0.832. The molecule has 0 unspecified atom stereocenters. The molecular weight excluding hydrogens is 335 g/mol. The van der Waals surface area contributed by atoms with Crippen molar-refractivity contribution in [3.8, 4) is 0 Å². The molecule has 0 fully saturated rings. The number of hydrogen-bond donors (Lipinski definition) is 0. The Morgan fingerprint density at radius 2 is 0.913 bits per heavy atom. The van der Waals surface area contributed by atoms with E-state index in [0.717, 1.165) is 20.8 Å². The van der Waals surface area contributed by atoms with E-state index in [9.17, 15) is 18.9 Å². The van der Waals surface area contributed by atoms with Crippen LogP contribution < -0.4 is 0 Å². The Kier molecular flexibility index (Phi) is 7.12. The average Bonchev–Trinajstić information content (AvgIpc) is 2.47. The van der Waals surface area contributed by atoms with E-state index in [2.05, 4.69) is 27.9 Å². The third-order valence-electron chi connectivity index (χ3n) is 1.77. The highest BCUT2D eigenvalue weighted by Crippen LogP contribution is 2.50. The minimum absolute atomic E-state index is 0.845. The van der Waals surface area contributed by atoms with Crippen molar-refractivity contribution in [3.05, 3.63) is 16.6 Å². The van der Waals surface area contributed by atoms with E-state index in [-0.39, 0.29) is 0 Å². The first-order chi connectivity index (χ1) is 10.6. The van der Waals surface area contributed by atoms with Gasteiger partial charge in [-0.2, -0.15) is 4.57 Å². The van der Waals surface area contributed by atoms with Gasteiger partial charge in [-0.1, -0.05) is 0 Å². The second kappa shape index (κ2) is 8.28. The van der Waals surface area contributed by atoms with Gasteiger partial charge < -0.3 is 30.2 Å². The SMILES string of the molecule is CC(=O)C(=[N+]=[N-])OP(=O)(OC(=[N+]=[N-])C(C)=O)OC(=[N+]=[N-])C(C)=O. The Balaban J connectivity index is 5.92. The molecule has 0 aromatic heterocycles. The highest BCUT2D eigenvalue weighted by atomic mass is 31.2. The first-order valence-electron chi connectivity index (χ1n) is 5.48. The minimum atomic E-state index is -5.13. The van der Waals surface area contributed by atoms with Gasteiger partial charge in [0.25, 0.3) is 17.3 Å². The summed E-state index contributed by atoms with van der Waals surface area (Å²) in [4.78, 5) is 40.4. The van der Waals surface area contributed by atoms with Crippen LogP contribution in [0.5, 0.6) is 0 Å². The van der Waals surface area contributed by atoms with Crippen LogP contribution in [0.4, 0.5) is 0 Å². The third kappa shape index (κ3) is 5.96. The van der Waals surface area contributed by atoms with E-state index < -0.39 is 42.9 Å². The molecule has 0 amide bonds. The predicted molar refractivity (Wildman–Crippen MR) is 68.8 cm³/mol. The van der Waals surface area contributed by atoms with Gasteiger partial charge in [0.15, 0.2) is 0 Å². The van der Waals surface area contributed by atoms with Crippen molar-refractivity contribution in [2.24, 2.45) is 0 Å². The molecule has 0 heterocycles. The molecule has 0 aliphatic rings. The fourth-order valence-corrected chi connectivity index (χ4v) is 2.07. The van der Waals surface area contributed by atoms with E-state index >= 15 is 0 Å². The number of phosphoric acid groups is 1. The second-order valence-corrected chi connectivity index (χ2v) is 5.05. The Labute approximate surface area is 128 Å². The Hall–Kier alpha value is -3.22. The molecule has 0 radical (unpaired) electrons. The molecule has 23 heavy (non-hydrogen) atoms. The van der Waals surface area contributed by atoms with Crippen LogP contribution in [0.2, 0.25) is 0 Å². The van der Waals surface area contributed by atoms with Crippen LogP contribution in [0.25, 0.3) is 16.6 Å². The lowest BCUT2D eigenvalue weighted by Crippen LogP contribution is -2.24. The third-order valence-corrected chi connectivity index (χ3v) is 2.96. The highest BCUT2D eigenvalue weighted by Gasteiger charge is 2.47. The van der Waals surface area contributed by atoms with Crippen LogP contribution in [0, 0.1) is 0 Å². The first kappa shape index (κ1) is 19.8. The lowest BCUT2D eigenvalue weighted by molar-refractivity contribution is -0.120. The van der Waals surface area contributed by atoms with Gasteiger partial charge >= 0.3 is 25.5 Å². The van der Waals surface area contributed by atoms with Crippen molar-refractivity contribution in [1.82, 2.24) is 0 Å². The lowest BCUT2D eigenvalue weighted by atomic mass is 10.5. The molecule has 0 aliphatic heterocycles. The van der Waals surface area contributed by atoms with Gasteiger partial charge in [-0.15, -0.1) is 14.4 Å². The first-order valence-corrected chi connectivity index (χ1v) is 6.94. The molecule has 122 valence electrons. The summed E-state index contributed by atoms with van der Waals surface area (Å²) in [5, 5.41) is 0. The van der Waals surface area contributed by atoms with Gasteiger partial charge in [0, 0.05) is 20.8 Å². The standard InChI is InChI=1S/C9H9N6O7P/c1-4(16)7(13-10)20-23(19,21-8(14-11)5(2)17)22-9(15-12)6(3)18/h1-3H3. The molecular formula is C9H9N6O7P. The zero-order valence-electron chi connectivity index (χ0n) is 12.0. The summed E-state index contributed by atoms with van der Waals surface area (Å²) >= 11 is 0. The Morgan fingerprint density at radius 1 is 0.696 bits per heavy atom. The molecule has 0 bridgehead atoms. The summed E-state index contributed by atoms with van der Waals surface area (Å²) in [7, 11) is -5.13. The molecule has 13 nitrogen and oxygen atoms in total. The van der Waals surface area contributed by atoms with Gasteiger partial charge in [-0.25, -0.2) is 0 Å². The van der Waals surface area contributed by atoms with Gasteiger partial charge in [-0.05, 0) is 0 Å². The maximum absolute atomic E-state index is 12.3. The predicted octanol–water partition coefficient (Wildman–Crippen LogP) is -0.204. The largest absolute Gasteiger partial charge is 0.662 e. The Bertz CT molecular complexity index is 654. The van der Waals surface area contributed by atoms with Crippen molar-refractivity contribution >= 4 is 42.9 Å². The van der Waals surface area contributed by atoms with E-state index in [0.29, 0.717) is 0 Å². The van der Waals surface area contributed by atoms with Gasteiger partial charge in [0.1, 0.15) is 0 Å². The molecule has 0 aromatic carbocycles. The maximum atomic E-state index is 12.3. The van der Waals surface area contributed by atoms with Crippen molar-refractivity contribution in [2.75, 3.05) is 0 Å². The lowest BCUT2D eigenvalue weighted by Gasteiger charge is -2.10. The van der Waals surface area contributed by atoms with Crippen LogP contribution in [0.3, 0.4) is 0 Å². The second-order valence-electron chi connectivity index (χ2n) is 3.61. The van der Waals surface area contributed by atoms with Crippen molar-refractivity contribution in [3.63, 3.8) is 0 Å². The topological polar surface area (TPSA) is 205 Å². The zero-order chi connectivity index (χ0) is 18.2. The van der Waals surface area contributed by atoms with E-state index in [4.69, 9.17) is 16.6 Å². The smallest absolute Gasteiger partial charge is 0.357 e. The molecule has 0 aromatic rings. The molecule has 0 saturated heterocycles. The number of nitrogens with zero attached hydrogens (tertiary/aromatic N) is 6. The number of rotatable bonds is 6. The number of carbonyl (C=O) groups is 3. The van der Waals surface area contributed by atoms with Crippen molar-refractivity contribution < 1.29 is 46.9 Å². The van der Waals surface area contributed by atoms with Crippen LogP contribution in [-0.4, -0.2) is 49.4 Å². The molecule has 0 N–H and O–H groups in total. The molecule has 0 rings (SSSR count). The molecule has 0 spiro atoms. The van der Waals surface area contributed by atoms with Gasteiger partial charge in [0.2, 0.25) is 0 Å². The van der Waals surface area contributed by atoms with Gasteiger partial charge in [0.05, 0.1) is 0 Å². The Morgan fingerprint density at radius 3 is 1.04 bits per heavy atom. The number of Topliss-reactive ketones (excluding diaryl/α,β-unsaturated/α-hetero) is 3. The summed E-state index contributed by atoms with van der Waals surface area (Å²) in [6, 6.07) is 0. The molecule has 0 atom stereocenters. The normalized spacial score (nSPS) is 11.4. The minimum Gasteiger partial charge on any atom is -0.357 e. The highest BCUT2D eigenvalue weighted by molar-refractivity contribution is 7.50. The molecule has 0 aliphatic carbocycles. The van der Waals surface area contributed by atoms with E-state index in [1.54, 1.807) is 0 Å². The summed E-state index contributed by atoms with van der Waals surface area (Å²) in [5.41, 5.74) is 25.7. The number of ketones is 3.